The molecule has 3 heterocycles. The molecule has 1 aromatic carbocycles. The molecule has 0 unspecified atom stereocenters. The Labute approximate surface area is 156 Å². The van der Waals surface area contributed by atoms with Gasteiger partial charge in [0.15, 0.2) is 11.5 Å². The first kappa shape index (κ1) is 18.0. The lowest BCUT2D eigenvalue weighted by atomic mass is 10.1. The predicted octanol–water partition coefficient (Wildman–Crippen LogP) is 1.74. The Morgan fingerprint density at radius 2 is 2.04 bits per heavy atom. The fourth-order valence-corrected chi connectivity index (χ4v) is 3.25. The van der Waals surface area contributed by atoms with Crippen molar-refractivity contribution in [3.63, 3.8) is 0 Å². The molecule has 2 aromatic heterocycles. The molecule has 1 amide bonds. The maximum Gasteiger partial charge on any atom is 0.434 e. The number of hydrogen-bond donors (Lipinski definition) is 1. The topological polar surface area (TPSA) is 88.8 Å². The zero-order chi connectivity index (χ0) is 20.1. The van der Waals surface area contributed by atoms with Crippen molar-refractivity contribution in [2.24, 2.45) is 0 Å². The molecule has 8 nitrogen and oxygen atoms in total. The number of aromatic amines is 1. The highest BCUT2D eigenvalue weighted by Crippen LogP contribution is 2.34. The molecular formula is C17H15F3N6O2. The maximum atomic E-state index is 13.8. The van der Waals surface area contributed by atoms with E-state index in [9.17, 15) is 22.8 Å². The van der Waals surface area contributed by atoms with Gasteiger partial charge in [0.2, 0.25) is 0 Å². The molecule has 1 aliphatic heterocycles. The molecule has 0 atom stereocenters. The van der Waals surface area contributed by atoms with Crippen molar-refractivity contribution >= 4 is 5.91 Å². The molecule has 11 heteroatoms. The van der Waals surface area contributed by atoms with Crippen LogP contribution in [0.5, 0.6) is 0 Å². The third kappa shape index (κ3) is 2.98. The highest BCUT2D eigenvalue weighted by molar-refractivity contribution is 5.95. The lowest BCUT2D eigenvalue weighted by Crippen LogP contribution is -2.41. The van der Waals surface area contributed by atoms with Gasteiger partial charge < -0.3 is 4.90 Å². The molecule has 0 saturated heterocycles. The van der Waals surface area contributed by atoms with Crippen molar-refractivity contribution in [3.05, 3.63) is 63.6 Å². The molecule has 3 aromatic rings. The van der Waals surface area contributed by atoms with Crippen LogP contribution in [-0.4, -0.2) is 41.9 Å². The molecule has 1 aliphatic rings. The van der Waals surface area contributed by atoms with Gasteiger partial charge in [-0.1, -0.05) is 12.1 Å². The smallest absolute Gasteiger partial charge is 0.329 e. The normalized spacial score (nSPS) is 14.2. The van der Waals surface area contributed by atoms with Crippen LogP contribution in [0, 0.1) is 6.92 Å². The number of nitrogens with one attached hydrogen (secondary N) is 1. The van der Waals surface area contributed by atoms with E-state index in [1.165, 1.54) is 15.5 Å². The second-order valence-corrected chi connectivity index (χ2v) is 6.48. The summed E-state index contributed by atoms with van der Waals surface area (Å²) in [5.41, 5.74) is -1.11. The zero-order valence-corrected chi connectivity index (χ0v) is 14.7. The fraction of sp³-hybridized carbons (Fsp3) is 0.294. The molecule has 0 spiro atoms. The van der Waals surface area contributed by atoms with Crippen molar-refractivity contribution in [2.45, 2.75) is 26.2 Å². The number of carbonyl (C=O) groups is 1. The zero-order valence-electron chi connectivity index (χ0n) is 14.7. The lowest BCUT2D eigenvalue weighted by Gasteiger charge is -2.27. The van der Waals surface area contributed by atoms with Crippen LogP contribution >= 0.6 is 0 Å². The van der Waals surface area contributed by atoms with Crippen LogP contribution in [0.4, 0.5) is 13.2 Å². The number of rotatable bonds is 2. The number of amides is 1. The third-order valence-corrected chi connectivity index (χ3v) is 4.56. The van der Waals surface area contributed by atoms with Crippen molar-refractivity contribution < 1.29 is 18.0 Å². The van der Waals surface area contributed by atoms with Crippen LogP contribution in [0.15, 0.2) is 35.3 Å². The Morgan fingerprint density at radius 3 is 2.75 bits per heavy atom. The minimum absolute atomic E-state index is 0.0650. The Hall–Kier alpha value is -3.37. The summed E-state index contributed by atoms with van der Waals surface area (Å²) in [5, 5.41) is 9.90. The van der Waals surface area contributed by atoms with E-state index >= 15 is 0 Å². The average molecular weight is 392 g/mol. The van der Waals surface area contributed by atoms with Gasteiger partial charge in [-0.15, -0.1) is 0 Å². The van der Waals surface area contributed by atoms with Gasteiger partial charge in [-0.25, -0.2) is 14.6 Å². The molecule has 0 bridgehead atoms. The summed E-state index contributed by atoms with van der Waals surface area (Å²) in [6.07, 6.45) is -3.85. The van der Waals surface area contributed by atoms with E-state index in [-0.39, 0.29) is 25.3 Å². The number of alkyl halides is 3. The Balaban J connectivity index is 1.74. The van der Waals surface area contributed by atoms with Gasteiger partial charge in [0.1, 0.15) is 0 Å². The van der Waals surface area contributed by atoms with Crippen LogP contribution in [0.1, 0.15) is 27.4 Å². The van der Waals surface area contributed by atoms with Gasteiger partial charge in [0.25, 0.3) is 5.91 Å². The molecule has 146 valence electrons. The number of nitrogens with zero attached hydrogens (tertiary/aromatic N) is 5. The van der Waals surface area contributed by atoms with Crippen molar-refractivity contribution in [1.82, 2.24) is 29.4 Å². The standard InChI is InChI=1S/C17H15F3N6O2/c1-10-3-2-4-11(7-10)26-14(17(18,19)20)12(8-21-26)15(27)24-5-6-25-13(9-24)22-23-16(25)28/h2-4,7-8H,5-6,9H2,1H3,(H,23,28). The molecule has 0 saturated carbocycles. The van der Waals surface area contributed by atoms with Gasteiger partial charge in [-0.3, -0.25) is 9.36 Å². The van der Waals surface area contributed by atoms with Gasteiger partial charge in [0, 0.05) is 13.1 Å². The molecule has 0 aliphatic carbocycles. The summed E-state index contributed by atoms with van der Waals surface area (Å²) in [4.78, 5) is 25.6. The number of benzene rings is 1. The Morgan fingerprint density at radius 1 is 1.25 bits per heavy atom. The van der Waals surface area contributed by atoms with Crippen LogP contribution < -0.4 is 5.69 Å². The van der Waals surface area contributed by atoms with E-state index in [2.05, 4.69) is 15.3 Å². The lowest BCUT2D eigenvalue weighted by molar-refractivity contribution is -0.143. The first-order chi connectivity index (χ1) is 13.3. The highest BCUT2D eigenvalue weighted by Gasteiger charge is 2.42. The quantitative estimate of drug-likeness (QED) is 0.720. The van der Waals surface area contributed by atoms with Crippen LogP contribution in [0.3, 0.4) is 0 Å². The minimum Gasteiger partial charge on any atom is -0.329 e. The van der Waals surface area contributed by atoms with Crippen molar-refractivity contribution in [2.75, 3.05) is 6.54 Å². The van der Waals surface area contributed by atoms with Crippen LogP contribution in [-0.2, 0) is 19.3 Å². The second kappa shape index (κ2) is 6.36. The minimum atomic E-state index is -4.78. The molecule has 0 fully saturated rings. The number of carbonyl (C=O) groups excluding carboxylic acids is 1. The number of aryl methyl sites for hydroxylation is 1. The first-order valence-electron chi connectivity index (χ1n) is 8.41. The summed E-state index contributed by atoms with van der Waals surface area (Å²) in [7, 11) is 0. The van der Waals surface area contributed by atoms with E-state index in [0.29, 0.717) is 5.82 Å². The highest BCUT2D eigenvalue weighted by atomic mass is 19.4. The fourth-order valence-electron chi connectivity index (χ4n) is 3.25. The molecule has 4 rings (SSSR count). The second-order valence-electron chi connectivity index (χ2n) is 6.48. The Bertz CT molecular complexity index is 1110. The largest absolute Gasteiger partial charge is 0.434 e. The van der Waals surface area contributed by atoms with Crippen molar-refractivity contribution in [1.29, 1.82) is 0 Å². The molecule has 1 N–H and O–H groups in total. The summed E-state index contributed by atoms with van der Waals surface area (Å²) >= 11 is 0. The van der Waals surface area contributed by atoms with Crippen LogP contribution in [0.2, 0.25) is 0 Å². The third-order valence-electron chi connectivity index (χ3n) is 4.56. The summed E-state index contributed by atoms with van der Waals surface area (Å²) in [6.45, 7) is 1.94. The van der Waals surface area contributed by atoms with E-state index < -0.39 is 29.0 Å². The average Bonchev–Trinajstić information content (AvgIpc) is 3.25. The first-order valence-corrected chi connectivity index (χ1v) is 8.41. The van der Waals surface area contributed by atoms with E-state index in [4.69, 9.17) is 0 Å². The monoisotopic (exact) mass is 392 g/mol. The van der Waals surface area contributed by atoms with Gasteiger partial charge in [-0.2, -0.15) is 23.4 Å². The van der Waals surface area contributed by atoms with Gasteiger partial charge >= 0.3 is 11.9 Å². The molecule has 0 radical (unpaired) electrons. The number of hydrogen-bond acceptors (Lipinski definition) is 4. The SMILES string of the molecule is Cc1cccc(-n2ncc(C(=O)N3CCn4c(n[nH]c4=O)C3)c2C(F)(F)F)c1. The van der Waals surface area contributed by atoms with Gasteiger partial charge in [-0.05, 0) is 24.6 Å². The summed E-state index contributed by atoms with van der Waals surface area (Å²) in [5.74, 6) is -0.517. The number of H-pyrrole nitrogens is 1. The van der Waals surface area contributed by atoms with E-state index in [0.717, 1.165) is 16.4 Å². The van der Waals surface area contributed by atoms with Crippen molar-refractivity contribution in [3.8, 4) is 5.69 Å². The number of aromatic nitrogens is 5. The predicted molar refractivity (Wildman–Crippen MR) is 90.9 cm³/mol. The number of fused-ring (bicyclic) bond motifs is 1. The van der Waals surface area contributed by atoms with Crippen LogP contribution in [0.25, 0.3) is 5.69 Å². The van der Waals surface area contributed by atoms with E-state index in [1.807, 2.05) is 0 Å². The Kier molecular flexibility index (Phi) is 4.09. The summed E-state index contributed by atoms with van der Waals surface area (Å²) < 4.78 is 43.5. The molecular weight excluding hydrogens is 377 g/mol. The summed E-state index contributed by atoms with van der Waals surface area (Å²) in [6, 6.07) is 6.42. The van der Waals surface area contributed by atoms with E-state index in [1.54, 1.807) is 25.1 Å². The maximum absolute atomic E-state index is 13.8. The van der Waals surface area contributed by atoms with Gasteiger partial charge in [0.05, 0.1) is 24.0 Å². The number of halogens is 3. The molecule has 28 heavy (non-hydrogen) atoms.